The molecule has 0 radical (unpaired) electrons. The molecule has 2 atom stereocenters. The Labute approximate surface area is 221 Å². The van der Waals surface area contributed by atoms with Crippen LogP contribution in [0.4, 0.5) is 0 Å². The van der Waals surface area contributed by atoms with E-state index in [1.165, 1.54) is 0 Å². The van der Waals surface area contributed by atoms with Gasteiger partial charge < -0.3 is 24.6 Å². The van der Waals surface area contributed by atoms with Crippen molar-refractivity contribution in [2.24, 2.45) is 0 Å². The molecule has 184 valence electrons. The summed E-state index contributed by atoms with van der Waals surface area (Å²) in [5.41, 5.74) is 5.77. The predicted octanol–water partition coefficient (Wildman–Crippen LogP) is 6.03. The number of thiocarbonyl (C=S) groups is 1. The van der Waals surface area contributed by atoms with Crippen LogP contribution in [0.3, 0.4) is 0 Å². The molecule has 36 heavy (non-hydrogen) atoms. The van der Waals surface area contributed by atoms with E-state index in [0.29, 0.717) is 22.4 Å². The van der Waals surface area contributed by atoms with E-state index < -0.39 is 0 Å². The fourth-order valence-electron chi connectivity index (χ4n) is 4.98. The maximum absolute atomic E-state index is 10.6. The first-order valence-electron chi connectivity index (χ1n) is 11.7. The van der Waals surface area contributed by atoms with Crippen LogP contribution in [0.15, 0.2) is 72.9 Å². The van der Waals surface area contributed by atoms with E-state index in [4.69, 9.17) is 28.6 Å². The third-order valence-electron chi connectivity index (χ3n) is 6.68. The van der Waals surface area contributed by atoms with Crippen LogP contribution in [0, 0.1) is 13.8 Å². The number of phenolic OH excluding ortho intramolecular Hbond substituents is 1. The first kappa shape index (κ1) is 24.2. The van der Waals surface area contributed by atoms with Crippen molar-refractivity contribution < 1.29 is 9.84 Å². The minimum atomic E-state index is -0.140. The highest BCUT2D eigenvalue weighted by atomic mass is 35.5. The lowest BCUT2D eigenvalue weighted by Gasteiger charge is -2.28. The number of phenols is 1. The first-order valence-corrected chi connectivity index (χ1v) is 12.4. The zero-order chi connectivity index (χ0) is 25.4. The van der Waals surface area contributed by atoms with Crippen molar-refractivity contribution in [3.63, 3.8) is 0 Å². The van der Waals surface area contributed by atoms with Crippen molar-refractivity contribution >= 4 is 28.9 Å². The van der Waals surface area contributed by atoms with Gasteiger partial charge in [-0.15, -0.1) is 0 Å². The summed E-state index contributed by atoms with van der Waals surface area (Å²) in [6, 6.07) is 20.9. The topological polar surface area (TPSA) is 62.5 Å². The first-order chi connectivity index (χ1) is 17.4. The van der Waals surface area contributed by atoms with Gasteiger partial charge in [0, 0.05) is 29.2 Å². The molecule has 5 rings (SSSR count). The second kappa shape index (κ2) is 9.84. The lowest BCUT2D eigenvalue weighted by Crippen LogP contribution is -2.29. The monoisotopic (exact) mass is 518 g/mol. The second-order valence-corrected chi connectivity index (χ2v) is 9.72. The Bertz CT molecular complexity index is 1410. The van der Waals surface area contributed by atoms with E-state index in [-0.39, 0.29) is 17.8 Å². The average Bonchev–Trinajstić information content (AvgIpc) is 3.36. The van der Waals surface area contributed by atoms with E-state index >= 15 is 0 Å². The molecule has 2 aromatic heterocycles. The van der Waals surface area contributed by atoms with Gasteiger partial charge in [0.05, 0.1) is 30.6 Å². The molecule has 3 heterocycles. The highest BCUT2D eigenvalue weighted by Crippen LogP contribution is 2.43. The Morgan fingerprint density at radius 1 is 1.08 bits per heavy atom. The van der Waals surface area contributed by atoms with Crippen LogP contribution in [0.5, 0.6) is 11.5 Å². The average molecular weight is 519 g/mol. The van der Waals surface area contributed by atoms with Gasteiger partial charge in [-0.3, -0.25) is 4.98 Å². The van der Waals surface area contributed by atoms with Gasteiger partial charge in [0.2, 0.25) is 0 Å². The minimum absolute atomic E-state index is 0.115. The van der Waals surface area contributed by atoms with Crippen LogP contribution < -0.4 is 10.1 Å². The number of aryl methyl sites for hydroxylation is 1. The predicted molar refractivity (Wildman–Crippen MR) is 146 cm³/mol. The van der Waals surface area contributed by atoms with Gasteiger partial charge in [-0.25, -0.2) is 0 Å². The number of methoxy groups -OCH3 is 1. The fraction of sp³-hybridized carbons (Fsp3) is 0.214. The molecule has 1 aliphatic rings. The summed E-state index contributed by atoms with van der Waals surface area (Å²) in [7, 11) is 1.66. The molecule has 1 saturated heterocycles. The van der Waals surface area contributed by atoms with E-state index in [9.17, 15) is 5.11 Å². The molecule has 2 N–H and O–H groups in total. The molecule has 6 nitrogen and oxygen atoms in total. The van der Waals surface area contributed by atoms with E-state index in [2.05, 4.69) is 40.3 Å². The number of nitrogens with zero attached hydrogens (tertiary/aromatic N) is 3. The summed E-state index contributed by atoms with van der Waals surface area (Å²) in [5.74, 6) is 0.984. The van der Waals surface area contributed by atoms with Crippen LogP contribution in [0.25, 0.3) is 5.69 Å². The number of hydrogen-bond donors (Lipinski definition) is 2. The van der Waals surface area contributed by atoms with Crippen molar-refractivity contribution in [1.29, 1.82) is 0 Å². The fourth-order valence-corrected chi connectivity index (χ4v) is 5.45. The lowest BCUT2D eigenvalue weighted by atomic mass is 9.96. The maximum Gasteiger partial charge on any atom is 0.170 e. The van der Waals surface area contributed by atoms with Crippen LogP contribution in [-0.4, -0.2) is 31.8 Å². The van der Waals surface area contributed by atoms with Crippen LogP contribution >= 0.6 is 23.8 Å². The normalized spacial score (nSPS) is 17.3. The number of rotatable bonds is 6. The van der Waals surface area contributed by atoms with Crippen LogP contribution in [0.1, 0.15) is 40.3 Å². The molecule has 2 aromatic carbocycles. The van der Waals surface area contributed by atoms with Crippen molar-refractivity contribution in [3.05, 3.63) is 106 Å². The Kier molecular flexibility index (Phi) is 6.60. The molecule has 0 bridgehead atoms. The number of hydrogen-bond acceptors (Lipinski definition) is 4. The summed E-state index contributed by atoms with van der Waals surface area (Å²) in [4.78, 5) is 6.86. The Morgan fingerprint density at radius 3 is 2.56 bits per heavy atom. The summed E-state index contributed by atoms with van der Waals surface area (Å²) in [5, 5.41) is 15.4. The highest BCUT2D eigenvalue weighted by molar-refractivity contribution is 7.80. The van der Waals surface area contributed by atoms with Crippen molar-refractivity contribution in [2.75, 3.05) is 7.11 Å². The number of aromatic hydroxyl groups is 1. The third kappa shape index (κ3) is 4.40. The number of aromatic nitrogens is 2. The summed E-state index contributed by atoms with van der Waals surface area (Å²) >= 11 is 12.1. The smallest absolute Gasteiger partial charge is 0.170 e. The number of benzene rings is 2. The van der Waals surface area contributed by atoms with Gasteiger partial charge in [-0.2, -0.15) is 0 Å². The standard InChI is InChI=1S/C28H27ClN4O2S/c1-17-14-22(18(2)33(17)24-15-20(29)9-12-25(24)34)27-26(23-6-4-5-13-30-23)31-28(36)32(27)16-19-7-10-21(35-3)11-8-19/h4-15,26-27,34H,16H2,1-3H3,(H,31,36). The van der Waals surface area contributed by atoms with Gasteiger partial charge in [-0.1, -0.05) is 29.8 Å². The molecular weight excluding hydrogens is 492 g/mol. The third-order valence-corrected chi connectivity index (χ3v) is 7.26. The molecule has 8 heteroatoms. The summed E-state index contributed by atoms with van der Waals surface area (Å²) < 4.78 is 7.37. The molecule has 0 saturated carbocycles. The lowest BCUT2D eigenvalue weighted by molar-refractivity contribution is 0.310. The number of nitrogens with one attached hydrogen (secondary N) is 1. The molecular formula is C28H27ClN4O2S. The van der Waals surface area contributed by atoms with Gasteiger partial charge in [0.1, 0.15) is 11.5 Å². The summed E-state index contributed by atoms with van der Waals surface area (Å²) in [6.45, 7) is 4.71. The number of pyridine rings is 1. The van der Waals surface area contributed by atoms with Crippen molar-refractivity contribution in [3.8, 4) is 17.2 Å². The molecule has 0 aliphatic carbocycles. The Balaban J connectivity index is 1.61. The van der Waals surface area contributed by atoms with Gasteiger partial charge in [-0.05, 0) is 85.7 Å². The number of halogens is 1. The molecule has 4 aromatic rings. The molecule has 0 spiro atoms. The van der Waals surface area contributed by atoms with E-state index in [1.807, 2.05) is 41.8 Å². The second-order valence-electron chi connectivity index (χ2n) is 8.90. The van der Waals surface area contributed by atoms with Crippen molar-refractivity contribution in [2.45, 2.75) is 32.5 Å². The molecule has 2 unspecified atom stereocenters. The van der Waals surface area contributed by atoms with E-state index in [0.717, 1.165) is 34.0 Å². The highest BCUT2D eigenvalue weighted by Gasteiger charge is 2.41. The molecule has 1 fully saturated rings. The summed E-state index contributed by atoms with van der Waals surface area (Å²) in [6.07, 6.45) is 1.80. The quantitative estimate of drug-likeness (QED) is 0.304. The largest absolute Gasteiger partial charge is 0.506 e. The molecule has 1 aliphatic heterocycles. The maximum atomic E-state index is 10.6. The van der Waals surface area contributed by atoms with E-state index in [1.54, 1.807) is 31.5 Å². The zero-order valence-electron chi connectivity index (χ0n) is 20.3. The zero-order valence-corrected chi connectivity index (χ0v) is 21.8. The van der Waals surface area contributed by atoms with Gasteiger partial charge >= 0.3 is 0 Å². The Hall–Kier alpha value is -3.55. The minimum Gasteiger partial charge on any atom is -0.506 e. The van der Waals surface area contributed by atoms with Crippen LogP contribution in [-0.2, 0) is 6.54 Å². The van der Waals surface area contributed by atoms with Gasteiger partial charge in [0.25, 0.3) is 0 Å². The van der Waals surface area contributed by atoms with Crippen molar-refractivity contribution in [1.82, 2.24) is 19.8 Å². The SMILES string of the molecule is COc1ccc(CN2C(=S)NC(c3ccccn3)C2c2cc(C)n(-c3cc(Cl)ccc3O)c2C)cc1. The van der Waals surface area contributed by atoms with Gasteiger partial charge in [0.15, 0.2) is 5.11 Å². The number of ether oxygens (including phenoxy) is 1. The Morgan fingerprint density at radius 2 is 1.86 bits per heavy atom. The molecule has 0 amide bonds. The van der Waals surface area contributed by atoms with Crippen LogP contribution in [0.2, 0.25) is 5.02 Å².